The van der Waals surface area contributed by atoms with Crippen molar-refractivity contribution < 1.29 is 15.3 Å². The molecule has 0 fully saturated rings. The number of aromatic hydroxyl groups is 2. The molecule has 0 unspecified atom stereocenters. The molecule has 1 aromatic rings. The number of rotatable bonds is 5. The highest BCUT2D eigenvalue weighted by molar-refractivity contribution is 5.38. The first-order chi connectivity index (χ1) is 7.90. The fourth-order valence-corrected chi connectivity index (χ4v) is 1.72. The van der Waals surface area contributed by atoms with Crippen molar-refractivity contribution >= 4 is 0 Å². The smallest absolute Gasteiger partial charge is 0.119 e. The summed E-state index contributed by atoms with van der Waals surface area (Å²) in [7, 11) is 0. The van der Waals surface area contributed by atoms with Gasteiger partial charge in [-0.15, -0.1) is 0 Å². The summed E-state index contributed by atoms with van der Waals surface area (Å²) in [4.78, 5) is 0. The Balaban J connectivity index is 2.70. The molecule has 2 atom stereocenters. The number of benzene rings is 1. The molecule has 0 saturated carbocycles. The van der Waals surface area contributed by atoms with Crippen LogP contribution in [0.2, 0.25) is 0 Å². The Morgan fingerprint density at radius 1 is 1.06 bits per heavy atom. The van der Waals surface area contributed by atoms with E-state index in [2.05, 4.69) is 13.8 Å². The first kappa shape index (κ1) is 13.8. The van der Waals surface area contributed by atoms with Crippen LogP contribution >= 0.6 is 0 Å². The van der Waals surface area contributed by atoms with E-state index in [1.54, 1.807) is 0 Å². The van der Waals surface area contributed by atoms with Crippen molar-refractivity contribution in [2.45, 2.75) is 38.8 Å². The highest BCUT2D eigenvalue weighted by Crippen LogP contribution is 2.26. The zero-order chi connectivity index (χ0) is 13.0. The van der Waals surface area contributed by atoms with Crippen molar-refractivity contribution in [1.82, 2.24) is 0 Å². The van der Waals surface area contributed by atoms with Gasteiger partial charge in [-0.3, -0.25) is 0 Å². The Hall–Kier alpha value is -1.26. The van der Waals surface area contributed by atoms with E-state index in [1.165, 1.54) is 18.2 Å². The Bertz CT molecular complexity index is 345. The molecule has 1 rings (SSSR count). The summed E-state index contributed by atoms with van der Waals surface area (Å²) < 4.78 is 0. The van der Waals surface area contributed by atoms with Gasteiger partial charge in [0.25, 0.3) is 0 Å². The van der Waals surface area contributed by atoms with Gasteiger partial charge in [0.15, 0.2) is 0 Å². The van der Waals surface area contributed by atoms with Gasteiger partial charge in [0.05, 0.1) is 12.1 Å². The minimum absolute atomic E-state index is 0.0495. The van der Waals surface area contributed by atoms with E-state index in [0.717, 1.165) is 6.42 Å². The van der Waals surface area contributed by atoms with Gasteiger partial charge in [-0.05, 0) is 36.5 Å². The standard InChI is InChI=1S/C13H21NO3/c1-8(2)3-4-12(17)13(14)9-5-10(15)7-11(16)6-9/h5-8,12-13,15-17H,3-4,14H2,1-2H3/t12-,13+/m1/s1. The summed E-state index contributed by atoms with van der Waals surface area (Å²) in [5, 5.41) is 28.6. The third kappa shape index (κ3) is 4.24. The van der Waals surface area contributed by atoms with Crippen LogP contribution in [-0.2, 0) is 0 Å². The summed E-state index contributed by atoms with van der Waals surface area (Å²) in [6.45, 7) is 4.16. The molecular formula is C13H21NO3. The van der Waals surface area contributed by atoms with Gasteiger partial charge < -0.3 is 21.1 Å². The lowest BCUT2D eigenvalue weighted by Gasteiger charge is -2.20. The number of hydrogen-bond donors (Lipinski definition) is 4. The monoisotopic (exact) mass is 239 g/mol. The van der Waals surface area contributed by atoms with E-state index in [9.17, 15) is 15.3 Å². The summed E-state index contributed by atoms with van der Waals surface area (Å²) >= 11 is 0. The molecule has 4 nitrogen and oxygen atoms in total. The zero-order valence-corrected chi connectivity index (χ0v) is 10.3. The number of aliphatic hydroxyl groups excluding tert-OH is 1. The van der Waals surface area contributed by atoms with Crippen LogP contribution < -0.4 is 5.73 Å². The topological polar surface area (TPSA) is 86.7 Å². The summed E-state index contributed by atoms with van der Waals surface area (Å²) in [6.07, 6.45) is 0.827. The van der Waals surface area contributed by atoms with Crippen LogP contribution in [0.5, 0.6) is 11.5 Å². The molecule has 0 amide bonds. The average Bonchev–Trinajstić information content (AvgIpc) is 2.23. The second kappa shape index (κ2) is 5.89. The Morgan fingerprint density at radius 3 is 2.06 bits per heavy atom. The minimum Gasteiger partial charge on any atom is -0.508 e. The SMILES string of the molecule is CC(C)CC[C@@H](O)[C@@H](N)c1cc(O)cc(O)c1. The maximum atomic E-state index is 9.91. The van der Waals surface area contributed by atoms with Crippen LogP contribution in [0, 0.1) is 5.92 Å². The van der Waals surface area contributed by atoms with Crippen molar-refractivity contribution in [2.75, 3.05) is 0 Å². The molecule has 5 N–H and O–H groups in total. The summed E-state index contributed by atoms with van der Waals surface area (Å²) in [6, 6.07) is 3.56. The maximum Gasteiger partial charge on any atom is 0.119 e. The number of hydrogen-bond acceptors (Lipinski definition) is 4. The lowest BCUT2D eigenvalue weighted by molar-refractivity contribution is 0.128. The van der Waals surface area contributed by atoms with Gasteiger partial charge in [-0.1, -0.05) is 13.8 Å². The number of phenolic OH excluding ortho intramolecular Hbond substituents is 2. The Morgan fingerprint density at radius 2 is 1.59 bits per heavy atom. The van der Waals surface area contributed by atoms with Gasteiger partial charge >= 0.3 is 0 Å². The predicted molar refractivity (Wildman–Crippen MR) is 66.8 cm³/mol. The third-order valence-corrected chi connectivity index (χ3v) is 2.76. The van der Waals surface area contributed by atoms with Gasteiger partial charge in [0, 0.05) is 6.07 Å². The van der Waals surface area contributed by atoms with E-state index in [4.69, 9.17) is 5.73 Å². The molecule has 0 radical (unpaired) electrons. The van der Waals surface area contributed by atoms with Gasteiger partial charge in [-0.25, -0.2) is 0 Å². The first-order valence-corrected chi connectivity index (χ1v) is 5.86. The molecule has 17 heavy (non-hydrogen) atoms. The molecule has 0 aliphatic rings. The molecule has 0 saturated heterocycles. The van der Waals surface area contributed by atoms with E-state index in [0.29, 0.717) is 17.9 Å². The normalized spacial score (nSPS) is 14.9. The van der Waals surface area contributed by atoms with Crippen LogP contribution in [0.4, 0.5) is 0 Å². The second-order valence-corrected chi connectivity index (χ2v) is 4.85. The molecule has 1 aromatic carbocycles. The first-order valence-electron chi connectivity index (χ1n) is 5.86. The second-order valence-electron chi connectivity index (χ2n) is 4.85. The molecule has 0 aliphatic carbocycles. The van der Waals surface area contributed by atoms with Crippen molar-refractivity contribution in [3.8, 4) is 11.5 Å². The van der Waals surface area contributed by atoms with Crippen molar-refractivity contribution in [3.63, 3.8) is 0 Å². The molecule has 0 heterocycles. The fourth-order valence-electron chi connectivity index (χ4n) is 1.72. The molecule has 0 aromatic heterocycles. The molecule has 96 valence electrons. The Labute approximate surface area is 102 Å². The highest BCUT2D eigenvalue weighted by atomic mass is 16.3. The van der Waals surface area contributed by atoms with Crippen molar-refractivity contribution in [3.05, 3.63) is 23.8 Å². The minimum atomic E-state index is -0.668. The quantitative estimate of drug-likeness (QED) is 0.632. The van der Waals surface area contributed by atoms with Crippen LogP contribution in [0.25, 0.3) is 0 Å². The van der Waals surface area contributed by atoms with Crippen molar-refractivity contribution in [1.29, 1.82) is 0 Å². The lowest BCUT2D eigenvalue weighted by atomic mass is 9.96. The van der Waals surface area contributed by atoms with Gasteiger partial charge in [0.1, 0.15) is 11.5 Å². The predicted octanol–water partition coefficient (Wildman–Crippen LogP) is 1.89. The molecule has 0 spiro atoms. The number of phenols is 2. The number of aliphatic hydroxyl groups is 1. The zero-order valence-electron chi connectivity index (χ0n) is 10.3. The molecule has 0 aliphatic heterocycles. The van der Waals surface area contributed by atoms with E-state index >= 15 is 0 Å². The fraction of sp³-hybridized carbons (Fsp3) is 0.538. The average molecular weight is 239 g/mol. The number of nitrogens with two attached hydrogens (primary N) is 1. The molecule has 4 heteroatoms. The Kier molecular flexibility index (Phi) is 4.78. The molecule has 0 bridgehead atoms. The molecular weight excluding hydrogens is 218 g/mol. The van der Waals surface area contributed by atoms with Crippen molar-refractivity contribution in [2.24, 2.45) is 11.7 Å². The van der Waals surface area contributed by atoms with Crippen LogP contribution in [0.15, 0.2) is 18.2 Å². The van der Waals surface area contributed by atoms with E-state index in [-0.39, 0.29) is 11.5 Å². The summed E-state index contributed by atoms with van der Waals surface area (Å²) in [5.41, 5.74) is 6.43. The van der Waals surface area contributed by atoms with Crippen LogP contribution in [0.3, 0.4) is 0 Å². The largest absolute Gasteiger partial charge is 0.508 e. The highest BCUT2D eigenvalue weighted by Gasteiger charge is 2.18. The van der Waals surface area contributed by atoms with Crippen LogP contribution in [0.1, 0.15) is 38.3 Å². The van der Waals surface area contributed by atoms with E-state index in [1.807, 2.05) is 0 Å². The van der Waals surface area contributed by atoms with E-state index < -0.39 is 12.1 Å². The summed E-state index contributed by atoms with van der Waals surface area (Å²) in [5.74, 6) is 0.410. The van der Waals surface area contributed by atoms with Gasteiger partial charge in [0.2, 0.25) is 0 Å². The lowest BCUT2D eigenvalue weighted by Crippen LogP contribution is -2.26. The van der Waals surface area contributed by atoms with Crippen LogP contribution in [-0.4, -0.2) is 21.4 Å². The van der Waals surface area contributed by atoms with Gasteiger partial charge in [-0.2, -0.15) is 0 Å². The maximum absolute atomic E-state index is 9.91. The third-order valence-electron chi connectivity index (χ3n) is 2.76.